The number of hydrogen-bond donors (Lipinski definition) is 2. The van der Waals surface area contributed by atoms with Crippen LogP contribution in [-0.2, 0) is 11.8 Å². The molecule has 0 bridgehead atoms. The Labute approximate surface area is 154 Å². The lowest BCUT2D eigenvalue weighted by atomic mass is 10.1. The molecular weight excluding hydrogens is 352 g/mol. The van der Waals surface area contributed by atoms with Gasteiger partial charge in [0.05, 0.1) is 17.0 Å². The molecule has 0 saturated carbocycles. The van der Waals surface area contributed by atoms with Crippen LogP contribution in [0.1, 0.15) is 10.4 Å². The van der Waals surface area contributed by atoms with Crippen LogP contribution < -0.4 is 10.6 Å². The lowest BCUT2D eigenvalue weighted by Gasteiger charge is -2.11. The van der Waals surface area contributed by atoms with Crippen LogP contribution in [0, 0.1) is 0 Å². The number of nitrogens with zero attached hydrogens (tertiary/aromatic N) is 4. The van der Waals surface area contributed by atoms with Crippen LogP contribution in [-0.4, -0.2) is 37.8 Å². The minimum absolute atomic E-state index is 0.128. The molecule has 0 unspecified atom stereocenters. The molecule has 3 aromatic rings. The summed E-state index contributed by atoms with van der Waals surface area (Å²) in [5, 5.41) is 17.1. The van der Waals surface area contributed by atoms with Crippen LogP contribution in [0.5, 0.6) is 0 Å². The van der Waals surface area contributed by atoms with Crippen molar-refractivity contribution in [2.75, 3.05) is 16.4 Å². The van der Waals surface area contributed by atoms with Crippen LogP contribution in [0.2, 0.25) is 0 Å². The molecule has 0 aliphatic rings. The Bertz CT molecular complexity index is 912. The normalized spacial score (nSPS) is 10.3. The molecule has 8 nitrogen and oxygen atoms in total. The summed E-state index contributed by atoms with van der Waals surface area (Å²) in [6, 6.07) is 16.0. The Morgan fingerprint density at radius 1 is 1.04 bits per heavy atom. The number of amides is 2. The second-order valence-electron chi connectivity index (χ2n) is 5.29. The van der Waals surface area contributed by atoms with Gasteiger partial charge in [-0.05, 0) is 34.7 Å². The van der Waals surface area contributed by atoms with E-state index in [4.69, 9.17) is 0 Å². The molecule has 0 spiro atoms. The van der Waals surface area contributed by atoms with Crippen LogP contribution in [0.15, 0.2) is 59.8 Å². The number of carbonyl (C=O) groups is 2. The predicted molar refractivity (Wildman–Crippen MR) is 99.0 cm³/mol. The fraction of sp³-hybridized carbons (Fsp3) is 0.118. The number of carbonyl (C=O) groups excluding carboxylic acids is 2. The van der Waals surface area contributed by atoms with Gasteiger partial charge in [-0.25, -0.2) is 4.68 Å². The average Bonchev–Trinajstić information content (AvgIpc) is 3.06. The summed E-state index contributed by atoms with van der Waals surface area (Å²) in [6.45, 7) is 0. The number of thioether (sulfide) groups is 1. The monoisotopic (exact) mass is 368 g/mol. The molecule has 2 amide bonds. The molecule has 0 fully saturated rings. The van der Waals surface area contributed by atoms with Gasteiger partial charge in [0.1, 0.15) is 0 Å². The largest absolute Gasteiger partial charge is 0.325 e. The summed E-state index contributed by atoms with van der Waals surface area (Å²) in [4.78, 5) is 24.7. The van der Waals surface area contributed by atoms with Crippen LogP contribution >= 0.6 is 11.8 Å². The highest BCUT2D eigenvalue weighted by molar-refractivity contribution is 7.99. The maximum atomic E-state index is 12.5. The van der Waals surface area contributed by atoms with Crippen molar-refractivity contribution < 1.29 is 9.59 Å². The van der Waals surface area contributed by atoms with E-state index in [1.165, 1.54) is 16.4 Å². The van der Waals surface area contributed by atoms with Gasteiger partial charge >= 0.3 is 0 Å². The lowest BCUT2D eigenvalue weighted by molar-refractivity contribution is -0.113. The van der Waals surface area contributed by atoms with Crippen molar-refractivity contribution in [3.8, 4) is 0 Å². The lowest BCUT2D eigenvalue weighted by Crippen LogP contribution is -2.19. The van der Waals surface area contributed by atoms with Gasteiger partial charge in [-0.1, -0.05) is 42.1 Å². The summed E-state index contributed by atoms with van der Waals surface area (Å²) < 4.78 is 1.49. The predicted octanol–water partition coefficient (Wildman–Crippen LogP) is 2.19. The van der Waals surface area contributed by atoms with E-state index < -0.39 is 0 Å². The SMILES string of the molecule is Cn1nnnc1SCC(=O)Nc1ccccc1C(=O)Nc1ccccc1. The number of tetrazole rings is 1. The first-order valence-electron chi connectivity index (χ1n) is 7.74. The van der Waals surface area contributed by atoms with Crippen LogP contribution in [0.4, 0.5) is 11.4 Å². The van der Waals surface area contributed by atoms with Gasteiger partial charge in [0.2, 0.25) is 11.1 Å². The third kappa shape index (κ3) is 4.45. The fourth-order valence-corrected chi connectivity index (χ4v) is 2.82. The zero-order valence-electron chi connectivity index (χ0n) is 13.9. The van der Waals surface area contributed by atoms with E-state index in [0.717, 1.165) is 0 Å². The minimum Gasteiger partial charge on any atom is -0.325 e. The van der Waals surface area contributed by atoms with Crippen molar-refractivity contribution in [2.45, 2.75) is 5.16 Å². The molecule has 0 aliphatic heterocycles. The molecule has 9 heteroatoms. The number of benzene rings is 2. The molecule has 0 radical (unpaired) electrons. The van der Waals surface area contributed by atoms with E-state index in [9.17, 15) is 9.59 Å². The molecule has 3 rings (SSSR count). The number of anilines is 2. The highest BCUT2D eigenvalue weighted by Crippen LogP contribution is 2.19. The number of rotatable bonds is 6. The van der Waals surface area contributed by atoms with Gasteiger partial charge in [-0.3, -0.25) is 9.59 Å². The van der Waals surface area contributed by atoms with Crippen molar-refractivity contribution in [2.24, 2.45) is 7.05 Å². The summed E-state index contributed by atoms with van der Waals surface area (Å²) in [5.74, 6) is -0.418. The first-order chi connectivity index (χ1) is 12.6. The zero-order chi connectivity index (χ0) is 18.4. The van der Waals surface area contributed by atoms with Crippen molar-refractivity contribution in [1.29, 1.82) is 0 Å². The van der Waals surface area contributed by atoms with Crippen molar-refractivity contribution in [1.82, 2.24) is 20.2 Å². The molecule has 1 heterocycles. The standard InChI is InChI=1S/C17H16N6O2S/c1-23-17(20-21-22-23)26-11-15(24)19-14-10-6-5-9-13(14)16(25)18-12-7-3-2-4-8-12/h2-10H,11H2,1H3,(H,18,25)(H,19,24). The van der Waals surface area contributed by atoms with Gasteiger partial charge in [0.15, 0.2) is 0 Å². The number of aryl methyl sites for hydroxylation is 1. The molecule has 0 atom stereocenters. The van der Waals surface area contributed by atoms with E-state index in [1.54, 1.807) is 43.4 Å². The van der Waals surface area contributed by atoms with E-state index in [0.29, 0.717) is 22.1 Å². The Kier molecular flexibility index (Phi) is 5.59. The van der Waals surface area contributed by atoms with Gasteiger partial charge in [0.25, 0.3) is 5.91 Å². The Morgan fingerprint density at radius 2 is 1.77 bits per heavy atom. The average molecular weight is 368 g/mol. The third-order valence-electron chi connectivity index (χ3n) is 3.39. The Morgan fingerprint density at radius 3 is 2.50 bits per heavy atom. The maximum Gasteiger partial charge on any atom is 0.257 e. The van der Waals surface area contributed by atoms with Crippen molar-refractivity contribution >= 4 is 35.0 Å². The summed E-state index contributed by atoms with van der Waals surface area (Å²) in [6.07, 6.45) is 0. The van der Waals surface area contributed by atoms with E-state index >= 15 is 0 Å². The van der Waals surface area contributed by atoms with Crippen molar-refractivity contribution in [3.63, 3.8) is 0 Å². The number of aromatic nitrogens is 4. The molecular formula is C17H16N6O2S. The first-order valence-corrected chi connectivity index (χ1v) is 8.72. The van der Waals surface area contributed by atoms with Crippen LogP contribution in [0.25, 0.3) is 0 Å². The maximum absolute atomic E-state index is 12.5. The van der Waals surface area contributed by atoms with E-state index in [-0.39, 0.29) is 17.6 Å². The topological polar surface area (TPSA) is 102 Å². The molecule has 1 aromatic heterocycles. The molecule has 0 saturated heterocycles. The van der Waals surface area contributed by atoms with E-state index in [1.807, 2.05) is 18.2 Å². The summed E-state index contributed by atoms with van der Waals surface area (Å²) in [5.41, 5.74) is 1.52. The minimum atomic E-state index is -0.294. The number of nitrogens with one attached hydrogen (secondary N) is 2. The second-order valence-corrected chi connectivity index (χ2v) is 6.23. The summed E-state index contributed by atoms with van der Waals surface area (Å²) >= 11 is 1.21. The Balaban J connectivity index is 1.65. The molecule has 132 valence electrons. The van der Waals surface area contributed by atoms with Crippen molar-refractivity contribution in [3.05, 3.63) is 60.2 Å². The highest BCUT2D eigenvalue weighted by atomic mass is 32.2. The first kappa shape index (κ1) is 17.6. The smallest absolute Gasteiger partial charge is 0.257 e. The van der Waals surface area contributed by atoms with Gasteiger partial charge in [-0.15, -0.1) is 5.10 Å². The molecule has 2 N–H and O–H groups in total. The molecule has 2 aromatic carbocycles. The van der Waals surface area contributed by atoms with Gasteiger partial charge in [0, 0.05) is 12.7 Å². The molecule has 0 aliphatic carbocycles. The fourth-order valence-electron chi connectivity index (χ4n) is 2.17. The van der Waals surface area contributed by atoms with E-state index in [2.05, 4.69) is 26.2 Å². The number of hydrogen-bond acceptors (Lipinski definition) is 6. The summed E-state index contributed by atoms with van der Waals surface area (Å²) in [7, 11) is 1.70. The second kappa shape index (κ2) is 8.26. The Hall–Kier alpha value is -3.20. The molecule has 26 heavy (non-hydrogen) atoms. The van der Waals surface area contributed by atoms with Gasteiger partial charge < -0.3 is 10.6 Å². The third-order valence-corrected chi connectivity index (χ3v) is 4.40. The number of para-hydroxylation sites is 2. The quantitative estimate of drug-likeness (QED) is 0.647. The highest BCUT2D eigenvalue weighted by Gasteiger charge is 2.14. The zero-order valence-corrected chi connectivity index (χ0v) is 14.7. The van der Waals surface area contributed by atoms with Gasteiger partial charge in [-0.2, -0.15) is 0 Å². The van der Waals surface area contributed by atoms with Crippen LogP contribution in [0.3, 0.4) is 0 Å².